The summed E-state index contributed by atoms with van der Waals surface area (Å²) in [7, 11) is 0. The fourth-order valence-electron chi connectivity index (χ4n) is 2.16. The van der Waals surface area contributed by atoms with Crippen molar-refractivity contribution in [1.29, 1.82) is 0 Å². The lowest BCUT2D eigenvalue weighted by atomic mass is 9.85. The van der Waals surface area contributed by atoms with Gasteiger partial charge >= 0.3 is 6.03 Å². The molecule has 1 rings (SSSR count). The van der Waals surface area contributed by atoms with E-state index in [1.165, 1.54) is 0 Å². The van der Waals surface area contributed by atoms with E-state index >= 15 is 0 Å². The predicted octanol–water partition coefficient (Wildman–Crippen LogP) is 1.38. The zero-order valence-electron chi connectivity index (χ0n) is 10.8. The maximum atomic E-state index is 11.6. The number of barbiturate groups is 1. The lowest BCUT2D eigenvalue weighted by molar-refractivity contribution is -0.136. The van der Waals surface area contributed by atoms with E-state index in [2.05, 4.69) is 33.0 Å². The van der Waals surface area contributed by atoms with E-state index in [9.17, 15) is 14.4 Å². The van der Waals surface area contributed by atoms with Gasteiger partial charge in [-0.05, 0) is 17.8 Å². The molecule has 0 aromatic heterocycles. The minimum atomic E-state index is -0.586. The summed E-state index contributed by atoms with van der Waals surface area (Å²) >= 11 is 0. The van der Waals surface area contributed by atoms with Gasteiger partial charge in [-0.3, -0.25) is 19.8 Å². The lowest BCUT2D eigenvalue weighted by Crippen LogP contribution is -2.54. The van der Waals surface area contributed by atoms with Gasteiger partial charge in [0.1, 0.15) is 6.42 Å². The molecule has 0 radical (unpaired) electrons. The van der Waals surface area contributed by atoms with Gasteiger partial charge < -0.3 is 0 Å². The van der Waals surface area contributed by atoms with E-state index < -0.39 is 17.8 Å². The van der Waals surface area contributed by atoms with Gasteiger partial charge in [0.05, 0.1) is 0 Å². The van der Waals surface area contributed by atoms with Crippen molar-refractivity contribution in [2.24, 2.45) is 17.8 Å². The molecule has 0 aliphatic carbocycles. The first-order chi connectivity index (χ1) is 7.82. The molecule has 0 spiro atoms. The van der Waals surface area contributed by atoms with Crippen LogP contribution in [0.25, 0.3) is 0 Å². The van der Waals surface area contributed by atoms with Crippen molar-refractivity contribution in [3.05, 3.63) is 0 Å². The molecule has 0 aromatic rings. The molecule has 5 nitrogen and oxygen atoms in total. The Bertz CT molecular complexity index is 309. The number of carbonyl (C=O) groups excluding carboxylic acids is 3. The van der Waals surface area contributed by atoms with E-state index in [0.717, 1.165) is 4.90 Å². The summed E-state index contributed by atoms with van der Waals surface area (Å²) in [6.07, 6.45) is -0.228. The van der Waals surface area contributed by atoms with Gasteiger partial charge in [0.15, 0.2) is 0 Å². The monoisotopic (exact) mass is 240 g/mol. The average molecular weight is 240 g/mol. The van der Waals surface area contributed by atoms with Crippen LogP contribution in [0.4, 0.5) is 4.79 Å². The SMILES string of the molecule is CC(C)C(CN1C(=O)CC(=O)NC1=O)C(C)C. The van der Waals surface area contributed by atoms with Crippen LogP contribution in [0.3, 0.4) is 0 Å². The molecule has 1 fully saturated rings. The summed E-state index contributed by atoms with van der Waals surface area (Å²) in [5, 5.41) is 2.17. The molecule has 0 atom stereocenters. The van der Waals surface area contributed by atoms with Crippen LogP contribution < -0.4 is 5.32 Å². The van der Waals surface area contributed by atoms with Crippen LogP contribution in [0.15, 0.2) is 0 Å². The number of nitrogens with zero attached hydrogens (tertiary/aromatic N) is 1. The van der Waals surface area contributed by atoms with Crippen molar-refractivity contribution < 1.29 is 14.4 Å². The number of hydrogen-bond donors (Lipinski definition) is 1. The van der Waals surface area contributed by atoms with E-state index in [1.54, 1.807) is 0 Å². The molecule has 5 heteroatoms. The predicted molar refractivity (Wildman–Crippen MR) is 63.0 cm³/mol. The maximum Gasteiger partial charge on any atom is 0.330 e. The van der Waals surface area contributed by atoms with Gasteiger partial charge in [-0.2, -0.15) is 0 Å². The normalized spacial score (nSPS) is 17.4. The number of carbonyl (C=O) groups is 3. The minimum absolute atomic E-state index is 0.228. The number of amides is 4. The Morgan fingerprint density at radius 3 is 2.06 bits per heavy atom. The number of urea groups is 1. The fraction of sp³-hybridized carbons (Fsp3) is 0.750. The molecule has 1 heterocycles. The topological polar surface area (TPSA) is 66.5 Å². The van der Waals surface area contributed by atoms with Crippen molar-refractivity contribution in [3.8, 4) is 0 Å². The minimum Gasteiger partial charge on any atom is -0.277 e. The molecular formula is C12H20N2O3. The van der Waals surface area contributed by atoms with Crippen molar-refractivity contribution in [3.63, 3.8) is 0 Å². The van der Waals surface area contributed by atoms with Gasteiger partial charge in [0.2, 0.25) is 11.8 Å². The quantitative estimate of drug-likeness (QED) is 0.755. The molecule has 1 aliphatic rings. The smallest absolute Gasteiger partial charge is 0.277 e. The molecule has 0 saturated carbocycles. The van der Waals surface area contributed by atoms with E-state index in [-0.39, 0.29) is 12.3 Å². The Balaban J connectivity index is 2.75. The second-order valence-electron chi connectivity index (χ2n) is 5.19. The third kappa shape index (κ3) is 3.28. The highest BCUT2D eigenvalue weighted by Gasteiger charge is 2.33. The highest BCUT2D eigenvalue weighted by molar-refractivity contribution is 6.14. The zero-order valence-corrected chi connectivity index (χ0v) is 10.8. The summed E-state index contributed by atoms with van der Waals surface area (Å²) in [4.78, 5) is 35.4. The van der Waals surface area contributed by atoms with Crippen LogP contribution in [-0.2, 0) is 9.59 Å². The van der Waals surface area contributed by atoms with Crippen molar-refractivity contribution in [2.75, 3.05) is 6.54 Å². The van der Waals surface area contributed by atoms with Gasteiger partial charge in [-0.15, -0.1) is 0 Å². The van der Waals surface area contributed by atoms with Gasteiger partial charge in [0.25, 0.3) is 0 Å². The lowest BCUT2D eigenvalue weighted by Gasteiger charge is -2.32. The summed E-state index contributed by atoms with van der Waals surface area (Å²) in [6, 6.07) is -0.586. The van der Waals surface area contributed by atoms with Gasteiger partial charge in [-0.1, -0.05) is 27.7 Å². The van der Waals surface area contributed by atoms with Crippen LogP contribution in [0.5, 0.6) is 0 Å². The summed E-state index contributed by atoms with van der Waals surface area (Å²) < 4.78 is 0. The Kier molecular flexibility index (Phi) is 4.26. The second kappa shape index (κ2) is 5.29. The highest BCUT2D eigenvalue weighted by Crippen LogP contribution is 2.22. The third-order valence-corrected chi connectivity index (χ3v) is 3.21. The standard InChI is InChI=1S/C12H20N2O3/c1-7(2)9(8(3)4)6-14-11(16)5-10(15)13-12(14)17/h7-9H,5-6H2,1-4H3,(H,13,15,17). The zero-order chi connectivity index (χ0) is 13.2. The Labute approximate surface area is 102 Å². The highest BCUT2D eigenvalue weighted by atomic mass is 16.2. The van der Waals surface area contributed by atoms with Crippen molar-refractivity contribution in [2.45, 2.75) is 34.1 Å². The molecule has 1 aliphatic heterocycles. The molecule has 0 unspecified atom stereocenters. The second-order valence-corrected chi connectivity index (χ2v) is 5.19. The summed E-state index contributed by atoms with van der Waals surface area (Å²) in [5.74, 6) is 0.103. The van der Waals surface area contributed by atoms with Crippen molar-refractivity contribution >= 4 is 17.8 Å². The molecular weight excluding hydrogens is 220 g/mol. The van der Waals surface area contributed by atoms with Crippen LogP contribution in [0.1, 0.15) is 34.1 Å². The summed E-state index contributed by atoms with van der Waals surface area (Å²) in [6.45, 7) is 8.67. The number of hydrogen-bond acceptors (Lipinski definition) is 3. The van der Waals surface area contributed by atoms with Crippen LogP contribution in [-0.4, -0.2) is 29.3 Å². The first kappa shape index (κ1) is 13.7. The van der Waals surface area contributed by atoms with E-state index in [0.29, 0.717) is 18.4 Å². The summed E-state index contributed by atoms with van der Waals surface area (Å²) in [5.41, 5.74) is 0. The number of nitrogens with one attached hydrogen (secondary N) is 1. The molecule has 1 saturated heterocycles. The average Bonchev–Trinajstić information content (AvgIpc) is 2.14. The molecule has 0 aromatic carbocycles. The number of imide groups is 2. The fourth-order valence-corrected chi connectivity index (χ4v) is 2.16. The molecule has 4 amide bonds. The van der Waals surface area contributed by atoms with Crippen LogP contribution in [0.2, 0.25) is 0 Å². The van der Waals surface area contributed by atoms with E-state index in [4.69, 9.17) is 0 Å². The van der Waals surface area contributed by atoms with Crippen LogP contribution >= 0.6 is 0 Å². The number of rotatable bonds is 4. The molecule has 0 bridgehead atoms. The van der Waals surface area contributed by atoms with Crippen molar-refractivity contribution in [1.82, 2.24) is 10.2 Å². The Morgan fingerprint density at radius 1 is 1.12 bits per heavy atom. The molecule has 1 N–H and O–H groups in total. The first-order valence-corrected chi connectivity index (χ1v) is 5.97. The largest absolute Gasteiger partial charge is 0.330 e. The first-order valence-electron chi connectivity index (χ1n) is 5.97. The maximum absolute atomic E-state index is 11.6. The Morgan fingerprint density at radius 2 is 1.65 bits per heavy atom. The van der Waals surface area contributed by atoms with Crippen LogP contribution in [0, 0.1) is 17.8 Å². The van der Waals surface area contributed by atoms with E-state index in [1.807, 2.05) is 0 Å². The molecule has 17 heavy (non-hydrogen) atoms. The molecule has 96 valence electrons. The van der Waals surface area contributed by atoms with Gasteiger partial charge in [-0.25, -0.2) is 4.79 Å². The Hall–Kier alpha value is -1.39. The van der Waals surface area contributed by atoms with Gasteiger partial charge in [0, 0.05) is 6.54 Å². The third-order valence-electron chi connectivity index (χ3n) is 3.21.